The minimum Gasteiger partial charge on any atom is -0.462 e. The van der Waals surface area contributed by atoms with E-state index in [0.717, 1.165) is 32.4 Å². The highest BCUT2D eigenvalue weighted by Crippen LogP contribution is 2.38. The molecule has 0 aliphatic carbocycles. The number of nitrogens with zero attached hydrogens (tertiary/aromatic N) is 2. The number of nitro benzene ring substituents is 1. The lowest BCUT2D eigenvalue weighted by molar-refractivity contribution is -0.384. The molecule has 1 fully saturated rings. The lowest BCUT2D eigenvalue weighted by atomic mass is 10.1. The Labute approximate surface area is 127 Å². The summed E-state index contributed by atoms with van der Waals surface area (Å²) < 4.78 is 4.87. The Kier molecular flexibility index (Phi) is 5.01. The standard InChI is InChI=1S/C14H17ClN2O4/c1-2-21-14(18)10-8-11(15)13(12(9-10)17(19)20)16-6-4-3-5-7-16/h8-9H,2-7H2,1H3. The molecule has 0 saturated carbocycles. The number of carbonyl (C=O) groups is 1. The smallest absolute Gasteiger partial charge is 0.338 e. The average molecular weight is 313 g/mol. The molecule has 2 rings (SSSR count). The predicted octanol–water partition coefficient (Wildman–Crippen LogP) is 3.42. The van der Waals surface area contributed by atoms with Crippen LogP contribution in [0, 0.1) is 10.1 Å². The fourth-order valence-electron chi connectivity index (χ4n) is 2.49. The van der Waals surface area contributed by atoms with Crippen LogP contribution in [0.2, 0.25) is 5.02 Å². The molecule has 21 heavy (non-hydrogen) atoms. The highest BCUT2D eigenvalue weighted by molar-refractivity contribution is 6.34. The molecule has 0 spiro atoms. The van der Waals surface area contributed by atoms with Gasteiger partial charge in [-0.15, -0.1) is 0 Å². The Morgan fingerprint density at radius 2 is 2.05 bits per heavy atom. The van der Waals surface area contributed by atoms with Gasteiger partial charge in [-0.2, -0.15) is 0 Å². The minimum atomic E-state index is -0.604. The highest BCUT2D eigenvalue weighted by atomic mass is 35.5. The molecule has 0 aromatic heterocycles. The van der Waals surface area contributed by atoms with Crippen molar-refractivity contribution in [1.82, 2.24) is 0 Å². The summed E-state index contributed by atoms with van der Waals surface area (Å²) in [6, 6.07) is 2.68. The largest absolute Gasteiger partial charge is 0.462 e. The van der Waals surface area contributed by atoms with E-state index >= 15 is 0 Å². The van der Waals surface area contributed by atoms with E-state index in [-0.39, 0.29) is 22.9 Å². The third kappa shape index (κ3) is 3.44. The van der Waals surface area contributed by atoms with Crippen LogP contribution in [0.15, 0.2) is 12.1 Å². The van der Waals surface area contributed by atoms with Crippen molar-refractivity contribution in [2.45, 2.75) is 26.2 Å². The van der Waals surface area contributed by atoms with Gasteiger partial charge in [0.2, 0.25) is 0 Å². The van der Waals surface area contributed by atoms with Crippen molar-refractivity contribution < 1.29 is 14.5 Å². The molecule has 1 aliphatic rings. The van der Waals surface area contributed by atoms with Crippen LogP contribution in [-0.2, 0) is 4.74 Å². The van der Waals surface area contributed by atoms with Crippen LogP contribution in [0.25, 0.3) is 0 Å². The van der Waals surface area contributed by atoms with Gasteiger partial charge >= 0.3 is 5.97 Å². The molecule has 1 aliphatic heterocycles. The Morgan fingerprint density at radius 1 is 1.38 bits per heavy atom. The molecule has 0 bridgehead atoms. The van der Waals surface area contributed by atoms with Gasteiger partial charge in [0.25, 0.3) is 5.69 Å². The van der Waals surface area contributed by atoms with E-state index in [4.69, 9.17) is 16.3 Å². The summed E-state index contributed by atoms with van der Waals surface area (Å²) in [5.41, 5.74) is 0.358. The van der Waals surface area contributed by atoms with Crippen LogP contribution in [0.1, 0.15) is 36.5 Å². The third-order valence-corrected chi connectivity index (χ3v) is 3.71. The number of rotatable bonds is 4. The van der Waals surface area contributed by atoms with Crippen LogP contribution in [-0.4, -0.2) is 30.6 Å². The number of hydrogen-bond donors (Lipinski definition) is 0. The van der Waals surface area contributed by atoms with Crippen molar-refractivity contribution in [1.29, 1.82) is 0 Å². The number of benzene rings is 1. The van der Waals surface area contributed by atoms with Crippen LogP contribution in [0.3, 0.4) is 0 Å². The molecule has 0 N–H and O–H groups in total. The van der Waals surface area contributed by atoms with E-state index < -0.39 is 10.9 Å². The summed E-state index contributed by atoms with van der Waals surface area (Å²) in [4.78, 5) is 24.5. The van der Waals surface area contributed by atoms with Crippen LogP contribution in [0.5, 0.6) is 0 Å². The fourth-order valence-corrected chi connectivity index (χ4v) is 2.82. The first-order chi connectivity index (χ1) is 10.0. The van der Waals surface area contributed by atoms with E-state index in [1.807, 2.05) is 4.90 Å². The molecule has 7 heteroatoms. The van der Waals surface area contributed by atoms with Gasteiger partial charge in [-0.1, -0.05) is 11.6 Å². The summed E-state index contributed by atoms with van der Waals surface area (Å²) in [5, 5.41) is 11.5. The SMILES string of the molecule is CCOC(=O)c1cc(Cl)c(N2CCCCC2)c([N+](=O)[O-])c1. The summed E-state index contributed by atoms with van der Waals surface area (Å²) in [7, 11) is 0. The molecule has 1 aromatic carbocycles. The van der Waals surface area contributed by atoms with Gasteiger partial charge in [0, 0.05) is 19.2 Å². The van der Waals surface area contributed by atoms with Crippen molar-refractivity contribution in [3.8, 4) is 0 Å². The zero-order valence-corrected chi connectivity index (χ0v) is 12.6. The molecule has 0 radical (unpaired) electrons. The van der Waals surface area contributed by atoms with E-state index in [9.17, 15) is 14.9 Å². The summed E-state index contributed by atoms with van der Waals surface area (Å²) in [5.74, 6) is -0.604. The molecule has 6 nitrogen and oxygen atoms in total. The maximum Gasteiger partial charge on any atom is 0.338 e. The fraction of sp³-hybridized carbons (Fsp3) is 0.500. The average Bonchev–Trinajstić information content (AvgIpc) is 2.47. The molecular weight excluding hydrogens is 296 g/mol. The van der Waals surface area contributed by atoms with Crippen LogP contribution in [0.4, 0.5) is 11.4 Å². The molecule has 1 aromatic rings. The van der Waals surface area contributed by atoms with Gasteiger partial charge in [0.1, 0.15) is 5.69 Å². The first kappa shape index (κ1) is 15.6. The summed E-state index contributed by atoms with van der Waals surface area (Å²) >= 11 is 6.20. The number of esters is 1. The quantitative estimate of drug-likeness (QED) is 0.484. The van der Waals surface area contributed by atoms with Crippen molar-refractivity contribution in [3.63, 3.8) is 0 Å². The molecular formula is C14H17ClN2O4. The van der Waals surface area contributed by atoms with Gasteiger partial charge in [-0.25, -0.2) is 4.79 Å². The van der Waals surface area contributed by atoms with Gasteiger partial charge in [0.15, 0.2) is 0 Å². The molecule has 0 amide bonds. The zero-order chi connectivity index (χ0) is 15.4. The van der Waals surface area contributed by atoms with E-state index in [2.05, 4.69) is 0 Å². The maximum absolute atomic E-state index is 11.7. The molecule has 0 unspecified atom stereocenters. The Bertz CT molecular complexity index is 556. The van der Waals surface area contributed by atoms with Gasteiger partial charge in [-0.3, -0.25) is 10.1 Å². The van der Waals surface area contributed by atoms with Crippen molar-refractivity contribution in [2.75, 3.05) is 24.6 Å². The topological polar surface area (TPSA) is 72.7 Å². The van der Waals surface area contributed by atoms with Gasteiger partial charge < -0.3 is 9.64 Å². The van der Waals surface area contributed by atoms with Gasteiger partial charge in [-0.05, 0) is 32.3 Å². The maximum atomic E-state index is 11.7. The van der Waals surface area contributed by atoms with Crippen molar-refractivity contribution in [3.05, 3.63) is 32.8 Å². The second kappa shape index (κ2) is 6.76. The van der Waals surface area contributed by atoms with E-state index in [1.165, 1.54) is 12.1 Å². The number of nitro groups is 1. The number of piperidine rings is 1. The number of carbonyl (C=O) groups excluding carboxylic acids is 1. The second-order valence-corrected chi connectivity index (χ2v) is 5.26. The van der Waals surface area contributed by atoms with E-state index in [0.29, 0.717) is 5.69 Å². The first-order valence-corrected chi connectivity index (χ1v) is 7.32. The molecule has 0 atom stereocenters. The zero-order valence-electron chi connectivity index (χ0n) is 11.8. The number of halogens is 1. The number of hydrogen-bond acceptors (Lipinski definition) is 5. The number of anilines is 1. The van der Waals surface area contributed by atoms with Crippen molar-refractivity contribution in [2.24, 2.45) is 0 Å². The van der Waals surface area contributed by atoms with Crippen molar-refractivity contribution >= 4 is 28.9 Å². The first-order valence-electron chi connectivity index (χ1n) is 6.94. The Morgan fingerprint density at radius 3 is 2.62 bits per heavy atom. The lowest BCUT2D eigenvalue weighted by Gasteiger charge is -2.29. The number of ether oxygens (including phenoxy) is 1. The van der Waals surface area contributed by atoms with Crippen LogP contribution < -0.4 is 4.90 Å². The van der Waals surface area contributed by atoms with E-state index in [1.54, 1.807) is 6.92 Å². The van der Waals surface area contributed by atoms with Gasteiger partial charge in [0.05, 0.1) is 22.1 Å². The second-order valence-electron chi connectivity index (χ2n) is 4.85. The Hall–Kier alpha value is -1.82. The van der Waals surface area contributed by atoms with Crippen LogP contribution >= 0.6 is 11.6 Å². The molecule has 114 valence electrons. The minimum absolute atomic E-state index is 0.106. The summed E-state index contributed by atoms with van der Waals surface area (Å²) in [6.45, 7) is 3.35. The Balaban J connectivity index is 2.44. The summed E-state index contributed by atoms with van der Waals surface area (Å²) in [6.07, 6.45) is 3.07. The normalized spacial score (nSPS) is 14.9. The third-order valence-electron chi connectivity index (χ3n) is 3.42. The predicted molar refractivity (Wildman–Crippen MR) is 80.1 cm³/mol. The highest BCUT2D eigenvalue weighted by Gasteiger charge is 2.27. The lowest BCUT2D eigenvalue weighted by Crippen LogP contribution is -2.30. The molecule has 1 saturated heterocycles. The molecule has 1 heterocycles. The monoisotopic (exact) mass is 312 g/mol.